The van der Waals surface area contributed by atoms with Gasteiger partial charge in [-0.1, -0.05) is 97.1 Å². The van der Waals surface area contributed by atoms with Crippen LogP contribution >= 0.6 is 0 Å². The molecule has 148 valence electrons. The van der Waals surface area contributed by atoms with E-state index >= 15 is 0 Å². The topological polar surface area (TPSA) is 48.4 Å². The largest absolute Gasteiger partial charge is 0.374 e. The Kier molecular flexibility index (Phi) is 3.92. The van der Waals surface area contributed by atoms with E-state index in [4.69, 9.17) is 4.99 Å². The number of aliphatic hydroxyl groups is 1. The van der Waals surface area contributed by atoms with Crippen molar-refractivity contribution in [2.24, 2.45) is 4.99 Å². The molecule has 6 rings (SSSR count). The van der Waals surface area contributed by atoms with Gasteiger partial charge in [-0.2, -0.15) is 0 Å². The molecule has 4 aromatic carbocycles. The van der Waals surface area contributed by atoms with E-state index in [1.165, 1.54) is 0 Å². The Labute approximate surface area is 180 Å². The molecule has 0 radical (unpaired) electrons. The van der Waals surface area contributed by atoms with Gasteiger partial charge >= 0.3 is 0 Å². The lowest BCUT2D eigenvalue weighted by Gasteiger charge is -2.27. The first-order valence-electron chi connectivity index (χ1n) is 10.4. The van der Waals surface area contributed by atoms with Crippen LogP contribution in [-0.2, 0) is 5.60 Å². The number of rotatable bonds is 3. The molecule has 2 N–H and O–H groups in total. The minimum Gasteiger partial charge on any atom is -0.374 e. The summed E-state index contributed by atoms with van der Waals surface area (Å²) in [7, 11) is 0. The fourth-order valence-electron chi connectivity index (χ4n) is 4.64. The second-order valence-electron chi connectivity index (χ2n) is 7.84. The summed E-state index contributed by atoms with van der Waals surface area (Å²) in [6.07, 6.45) is 0. The molecule has 31 heavy (non-hydrogen) atoms. The Morgan fingerprint density at radius 2 is 1.32 bits per heavy atom. The zero-order valence-corrected chi connectivity index (χ0v) is 16.8. The van der Waals surface area contributed by atoms with Gasteiger partial charge in [-0.3, -0.25) is 0 Å². The Balaban J connectivity index is 1.68. The van der Waals surface area contributed by atoms with E-state index in [0.717, 1.165) is 44.5 Å². The van der Waals surface area contributed by atoms with Gasteiger partial charge in [-0.05, 0) is 23.3 Å². The lowest BCUT2D eigenvalue weighted by molar-refractivity contribution is 0.160. The number of nitrogens with one attached hydrogen (secondary N) is 1. The van der Waals surface area contributed by atoms with Crippen molar-refractivity contribution in [2.45, 2.75) is 5.60 Å². The second kappa shape index (κ2) is 6.79. The lowest BCUT2D eigenvalue weighted by Crippen LogP contribution is -2.35. The second-order valence-corrected chi connectivity index (χ2v) is 7.84. The summed E-state index contributed by atoms with van der Waals surface area (Å²) >= 11 is 0. The molecule has 1 aromatic heterocycles. The highest BCUT2D eigenvalue weighted by molar-refractivity contribution is 6.19. The normalized spacial score (nSPS) is 17.5. The van der Waals surface area contributed by atoms with Crippen LogP contribution in [0.25, 0.3) is 22.0 Å². The first-order valence-corrected chi connectivity index (χ1v) is 10.4. The minimum absolute atomic E-state index is 0.620. The third-order valence-corrected chi connectivity index (χ3v) is 6.07. The molecule has 2 heterocycles. The first kappa shape index (κ1) is 17.9. The Morgan fingerprint density at radius 1 is 0.677 bits per heavy atom. The molecule has 1 atom stereocenters. The molecule has 0 spiro atoms. The van der Waals surface area contributed by atoms with E-state index in [1.54, 1.807) is 0 Å². The van der Waals surface area contributed by atoms with Gasteiger partial charge in [0.1, 0.15) is 5.71 Å². The van der Waals surface area contributed by atoms with Crippen molar-refractivity contribution in [3.8, 4) is 11.1 Å². The first-order chi connectivity index (χ1) is 15.3. The van der Waals surface area contributed by atoms with Crippen LogP contribution in [-0.4, -0.2) is 15.8 Å². The quantitative estimate of drug-likeness (QED) is 0.372. The van der Waals surface area contributed by atoms with Gasteiger partial charge in [0.25, 0.3) is 0 Å². The zero-order chi connectivity index (χ0) is 20.8. The third kappa shape index (κ3) is 2.61. The highest BCUT2D eigenvalue weighted by Crippen LogP contribution is 2.47. The van der Waals surface area contributed by atoms with Crippen molar-refractivity contribution in [3.63, 3.8) is 0 Å². The standard InChI is InChI=1S/C28H20N2O/c31-28(20-13-5-2-6-14-20)22-16-8-10-18-24(22)30-27(28)26-25(19-11-3-1-4-12-19)21-15-7-9-17-23(21)29-26/h1-18,29,31H. The van der Waals surface area contributed by atoms with E-state index in [9.17, 15) is 5.11 Å². The fourth-order valence-corrected chi connectivity index (χ4v) is 4.64. The van der Waals surface area contributed by atoms with Crippen LogP contribution in [0.5, 0.6) is 0 Å². The molecule has 3 nitrogen and oxygen atoms in total. The van der Waals surface area contributed by atoms with Crippen LogP contribution in [0.4, 0.5) is 5.69 Å². The van der Waals surface area contributed by atoms with Crippen molar-refractivity contribution >= 4 is 22.3 Å². The van der Waals surface area contributed by atoms with Crippen LogP contribution in [0.1, 0.15) is 16.8 Å². The van der Waals surface area contributed by atoms with Crippen molar-refractivity contribution in [1.29, 1.82) is 0 Å². The molecule has 0 bridgehead atoms. The van der Waals surface area contributed by atoms with Gasteiger partial charge in [0.05, 0.1) is 11.4 Å². The van der Waals surface area contributed by atoms with Crippen LogP contribution < -0.4 is 0 Å². The molecular weight excluding hydrogens is 380 g/mol. The number of aromatic amines is 1. The predicted octanol–water partition coefficient (Wildman–Crippen LogP) is 6.21. The SMILES string of the molecule is OC1(c2ccccc2)C(c2[nH]c3ccccc3c2-c2ccccc2)=Nc2ccccc21. The van der Waals surface area contributed by atoms with Crippen LogP contribution in [0.15, 0.2) is 114 Å². The molecular formula is C28H20N2O. The highest BCUT2D eigenvalue weighted by Gasteiger charge is 2.45. The molecule has 0 saturated carbocycles. The average molecular weight is 400 g/mol. The molecule has 1 unspecified atom stereocenters. The Morgan fingerprint density at radius 3 is 2.13 bits per heavy atom. The Bertz CT molecular complexity index is 1430. The van der Waals surface area contributed by atoms with Crippen molar-refractivity contribution in [2.75, 3.05) is 0 Å². The average Bonchev–Trinajstić information content (AvgIpc) is 3.36. The van der Waals surface area contributed by atoms with Gasteiger partial charge in [0.15, 0.2) is 5.60 Å². The number of H-pyrrole nitrogens is 1. The number of benzene rings is 4. The van der Waals surface area contributed by atoms with E-state index in [2.05, 4.69) is 29.2 Å². The van der Waals surface area contributed by atoms with Gasteiger partial charge in [-0.15, -0.1) is 0 Å². The lowest BCUT2D eigenvalue weighted by atomic mass is 9.81. The van der Waals surface area contributed by atoms with E-state index in [-0.39, 0.29) is 0 Å². The van der Waals surface area contributed by atoms with Crippen LogP contribution in [0.3, 0.4) is 0 Å². The van der Waals surface area contributed by atoms with Crippen molar-refractivity contribution < 1.29 is 5.11 Å². The number of nitrogens with zero attached hydrogens (tertiary/aromatic N) is 1. The summed E-state index contributed by atoms with van der Waals surface area (Å²) in [5.74, 6) is 0. The summed E-state index contributed by atoms with van der Waals surface area (Å²) in [5, 5.41) is 13.4. The molecule has 5 aromatic rings. The number of aromatic nitrogens is 1. The zero-order valence-electron chi connectivity index (χ0n) is 16.8. The summed E-state index contributed by atoms with van der Waals surface area (Å²) < 4.78 is 0. The van der Waals surface area contributed by atoms with Gasteiger partial charge in [0.2, 0.25) is 0 Å². The van der Waals surface area contributed by atoms with Gasteiger partial charge < -0.3 is 10.1 Å². The van der Waals surface area contributed by atoms with Crippen molar-refractivity contribution in [3.05, 3.63) is 126 Å². The maximum Gasteiger partial charge on any atom is 0.161 e. The minimum atomic E-state index is -1.34. The predicted molar refractivity (Wildman–Crippen MR) is 126 cm³/mol. The summed E-state index contributed by atoms with van der Waals surface area (Å²) in [5.41, 5.74) is 5.67. The van der Waals surface area contributed by atoms with Crippen molar-refractivity contribution in [1.82, 2.24) is 4.98 Å². The van der Waals surface area contributed by atoms with E-state index in [1.807, 2.05) is 84.9 Å². The number of para-hydroxylation sites is 2. The summed E-state index contributed by atoms with van der Waals surface area (Å²) in [4.78, 5) is 8.54. The molecule has 1 aliphatic heterocycles. The van der Waals surface area contributed by atoms with Gasteiger partial charge in [-0.25, -0.2) is 4.99 Å². The third-order valence-electron chi connectivity index (χ3n) is 6.07. The number of hydrogen-bond donors (Lipinski definition) is 2. The summed E-state index contributed by atoms with van der Waals surface area (Å²) in [6.45, 7) is 0. The molecule has 0 aliphatic carbocycles. The molecule has 0 saturated heterocycles. The molecule has 0 fully saturated rings. The van der Waals surface area contributed by atoms with E-state index < -0.39 is 5.60 Å². The fraction of sp³-hybridized carbons (Fsp3) is 0.0357. The highest BCUT2D eigenvalue weighted by atomic mass is 16.3. The summed E-state index contributed by atoms with van der Waals surface area (Å²) in [6, 6.07) is 36.2. The molecule has 1 aliphatic rings. The monoisotopic (exact) mass is 400 g/mol. The molecule has 0 amide bonds. The van der Waals surface area contributed by atoms with Crippen LogP contribution in [0.2, 0.25) is 0 Å². The smallest absolute Gasteiger partial charge is 0.161 e. The molecule has 3 heteroatoms. The van der Waals surface area contributed by atoms with Crippen LogP contribution in [0, 0.1) is 0 Å². The Hall–Kier alpha value is -3.95. The van der Waals surface area contributed by atoms with Gasteiger partial charge in [0, 0.05) is 22.0 Å². The van der Waals surface area contributed by atoms with E-state index in [0.29, 0.717) is 5.71 Å². The number of fused-ring (bicyclic) bond motifs is 2. The maximum absolute atomic E-state index is 12.3. The number of aliphatic imine (C=N–C) groups is 1. The maximum atomic E-state index is 12.3. The number of hydrogen-bond acceptors (Lipinski definition) is 2.